The van der Waals surface area contributed by atoms with Crippen molar-refractivity contribution >= 4 is 6.09 Å². The summed E-state index contributed by atoms with van der Waals surface area (Å²) in [5, 5.41) is 17.2. The van der Waals surface area contributed by atoms with Gasteiger partial charge in [-0.1, -0.05) is 0 Å². The summed E-state index contributed by atoms with van der Waals surface area (Å²) in [4.78, 5) is 12.0. The number of ether oxygens (including phenoxy) is 1. The number of amides is 1. The van der Waals surface area contributed by atoms with Gasteiger partial charge in [0.2, 0.25) is 0 Å². The van der Waals surface area contributed by atoms with Gasteiger partial charge < -0.3 is 15.2 Å². The summed E-state index contributed by atoms with van der Waals surface area (Å²) in [5.74, 6) is 0. The molecule has 0 bridgehead atoms. The lowest BCUT2D eigenvalue weighted by Crippen LogP contribution is -2.47. The van der Waals surface area contributed by atoms with E-state index in [2.05, 4.69) is 10.4 Å². The lowest BCUT2D eigenvalue weighted by molar-refractivity contribution is 0.0385. The van der Waals surface area contributed by atoms with Gasteiger partial charge in [0.15, 0.2) is 0 Å². The zero-order chi connectivity index (χ0) is 15.6. The van der Waals surface area contributed by atoms with Crippen LogP contribution in [-0.2, 0) is 4.74 Å². The van der Waals surface area contributed by atoms with Crippen LogP contribution in [0.25, 0.3) is 0 Å². The van der Waals surface area contributed by atoms with Crippen molar-refractivity contribution < 1.29 is 14.6 Å². The molecule has 3 atom stereocenters. The van der Waals surface area contributed by atoms with Crippen molar-refractivity contribution in [1.29, 1.82) is 0 Å². The molecular weight excluding hydrogens is 270 g/mol. The number of aliphatic hydroxyl groups excluding tert-OH is 1. The van der Waals surface area contributed by atoms with Crippen molar-refractivity contribution in [3.63, 3.8) is 0 Å². The molecule has 1 amide bonds. The lowest BCUT2D eigenvalue weighted by Gasteiger charge is -2.35. The van der Waals surface area contributed by atoms with Gasteiger partial charge in [0.1, 0.15) is 5.60 Å². The third-order valence-electron chi connectivity index (χ3n) is 3.67. The molecule has 1 aromatic heterocycles. The van der Waals surface area contributed by atoms with Gasteiger partial charge in [0, 0.05) is 11.9 Å². The number of hydrogen-bond donors (Lipinski definition) is 2. The van der Waals surface area contributed by atoms with Crippen molar-refractivity contribution in [3.8, 4) is 0 Å². The Morgan fingerprint density at radius 3 is 2.76 bits per heavy atom. The number of nitrogens with zero attached hydrogens (tertiary/aromatic N) is 2. The second kappa shape index (κ2) is 6.05. The number of aliphatic hydroxyl groups is 1. The van der Waals surface area contributed by atoms with E-state index in [1.165, 1.54) is 0 Å². The van der Waals surface area contributed by atoms with Gasteiger partial charge in [0.25, 0.3) is 0 Å². The first kappa shape index (κ1) is 15.8. The lowest BCUT2D eigenvalue weighted by atomic mass is 9.88. The van der Waals surface area contributed by atoms with E-state index in [1.807, 2.05) is 38.4 Å². The van der Waals surface area contributed by atoms with Crippen molar-refractivity contribution in [2.75, 3.05) is 0 Å². The summed E-state index contributed by atoms with van der Waals surface area (Å²) in [6.07, 6.45) is 2.94. The predicted molar refractivity (Wildman–Crippen MR) is 79.0 cm³/mol. The van der Waals surface area contributed by atoms with Gasteiger partial charge in [-0.2, -0.15) is 5.10 Å². The standard InChI is InChI=1S/C15H25N3O3/c1-10-7-8-16-18(10)13-9-11(19)5-6-12(13)17-14(20)21-15(2,3)4/h7-8,11-13,19H,5-6,9H2,1-4H3,(H,17,20). The first-order chi connectivity index (χ1) is 9.76. The summed E-state index contributed by atoms with van der Waals surface area (Å²) >= 11 is 0. The first-order valence-corrected chi connectivity index (χ1v) is 7.44. The molecule has 118 valence electrons. The minimum absolute atomic E-state index is 0.0451. The third-order valence-corrected chi connectivity index (χ3v) is 3.67. The molecule has 0 aliphatic heterocycles. The number of hydrogen-bond acceptors (Lipinski definition) is 4. The SMILES string of the molecule is Cc1ccnn1C1CC(O)CCC1NC(=O)OC(C)(C)C. The predicted octanol–water partition coefficient (Wildman–Crippen LogP) is 2.17. The molecule has 1 aromatic rings. The number of carbonyl (C=O) groups excluding carboxylic acids is 1. The van der Waals surface area contributed by atoms with Crippen molar-refractivity contribution in [2.45, 2.75) is 70.7 Å². The van der Waals surface area contributed by atoms with Gasteiger partial charge >= 0.3 is 6.09 Å². The highest BCUT2D eigenvalue weighted by molar-refractivity contribution is 5.68. The Morgan fingerprint density at radius 2 is 2.19 bits per heavy atom. The van der Waals surface area contributed by atoms with Crippen LogP contribution in [0.1, 0.15) is 51.8 Å². The van der Waals surface area contributed by atoms with Crippen LogP contribution in [0.4, 0.5) is 4.79 Å². The van der Waals surface area contributed by atoms with Gasteiger partial charge in [-0.05, 0) is 53.0 Å². The van der Waals surface area contributed by atoms with Crippen LogP contribution < -0.4 is 5.32 Å². The third kappa shape index (κ3) is 4.20. The molecule has 0 saturated heterocycles. The largest absolute Gasteiger partial charge is 0.444 e. The monoisotopic (exact) mass is 295 g/mol. The molecule has 3 unspecified atom stereocenters. The molecule has 2 rings (SSSR count). The van der Waals surface area contributed by atoms with Crippen LogP contribution >= 0.6 is 0 Å². The van der Waals surface area contributed by atoms with Crippen LogP contribution in [0.2, 0.25) is 0 Å². The number of nitrogens with one attached hydrogen (secondary N) is 1. The molecule has 1 aliphatic rings. The fourth-order valence-corrected chi connectivity index (χ4v) is 2.75. The molecule has 21 heavy (non-hydrogen) atoms. The Bertz CT molecular complexity index is 493. The van der Waals surface area contributed by atoms with Crippen molar-refractivity contribution in [1.82, 2.24) is 15.1 Å². The number of alkyl carbamates (subject to hydrolysis) is 1. The van der Waals surface area contributed by atoms with Crippen LogP contribution in [0.15, 0.2) is 12.3 Å². The van der Waals surface area contributed by atoms with Crippen molar-refractivity contribution in [3.05, 3.63) is 18.0 Å². The van der Waals surface area contributed by atoms with Gasteiger partial charge in [-0.15, -0.1) is 0 Å². The summed E-state index contributed by atoms with van der Waals surface area (Å²) < 4.78 is 7.20. The molecule has 0 aromatic carbocycles. The quantitative estimate of drug-likeness (QED) is 0.876. The Morgan fingerprint density at radius 1 is 1.48 bits per heavy atom. The molecule has 0 radical (unpaired) electrons. The second-order valence-electron chi connectivity index (χ2n) is 6.70. The zero-order valence-electron chi connectivity index (χ0n) is 13.2. The summed E-state index contributed by atoms with van der Waals surface area (Å²) in [7, 11) is 0. The highest BCUT2D eigenvalue weighted by atomic mass is 16.6. The Balaban J connectivity index is 2.09. The molecule has 0 spiro atoms. The number of rotatable bonds is 2. The Hall–Kier alpha value is -1.56. The summed E-state index contributed by atoms with van der Waals surface area (Å²) in [5.41, 5.74) is 0.500. The topological polar surface area (TPSA) is 76.4 Å². The van der Waals surface area contributed by atoms with E-state index in [1.54, 1.807) is 6.20 Å². The highest BCUT2D eigenvalue weighted by Crippen LogP contribution is 2.29. The average molecular weight is 295 g/mol. The molecule has 1 fully saturated rings. The Labute approximate surface area is 125 Å². The Kier molecular flexibility index (Phi) is 4.56. The fraction of sp³-hybridized carbons (Fsp3) is 0.733. The molecule has 6 nitrogen and oxygen atoms in total. The van der Waals surface area contributed by atoms with E-state index in [0.29, 0.717) is 19.3 Å². The molecule has 2 N–H and O–H groups in total. The maximum Gasteiger partial charge on any atom is 0.407 e. The molecular formula is C15H25N3O3. The number of aromatic nitrogens is 2. The minimum Gasteiger partial charge on any atom is -0.444 e. The van der Waals surface area contributed by atoms with Gasteiger partial charge in [-0.25, -0.2) is 4.79 Å². The number of aryl methyl sites for hydroxylation is 1. The van der Waals surface area contributed by atoms with E-state index < -0.39 is 11.7 Å². The first-order valence-electron chi connectivity index (χ1n) is 7.44. The van der Waals surface area contributed by atoms with Crippen LogP contribution in [0, 0.1) is 6.92 Å². The second-order valence-corrected chi connectivity index (χ2v) is 6.70. The highest BCUT2D eigenvalue weighted by Gasteiger charge is 2.34. The maximum absolute atomic E-state index is 12.0. The van der Waals surface area contributed by atoms with Crippen LogP contribution in [0.5, 0.6) is 0 Å². The fourth-order valence-electron chi connectivity index (χ4n) is 2.75. The number of carbonyl (C=O) groups is 1. The zero-order valence-corrected chi connectivity index (χ0v) is 13.2. The molecule has 1 heterocycles. The molecule has 6 heteroatoms. The smallest absolute Gasteiger partial charge is 0.407 e. The minimum atomic E-state index is -0.518. The normalized spacial score (nSPS) is 26.4. The van der Waals surface area contributed by atoms with E-state index >= 15 is 0 Å². The van der Waals surface area contributed by atoms with E-state index in [9.17, 15) is 9.90 Å². The summed E-state index contributed by atoms with van der Waals surface area (Å²) in [6.45, 7) is 7.49. The molecule has 1 aliphatic carbocycles. The molecule has 1 saturated carbocycles. The van der Waals surface area contributed by atoms with Crippen LogP contribution in [-0.4, -0.2) is 38.7 Å². The van der Waals surface area contributed by atoms with E-state index in [-0.39, 0.29) is 18.2 Å². The van der Waals surface area contributed by atoms with Crippen LogP contribution in [0.3, 0.4) is 0 Å². The van der Waals surface area contributed by atoms with E-state index in [4.69, 9.17) is 4.74 Å². The maximum atomic E-state index is 12.0. The van der Waals surface area contributed by atoms with Gasteiger partial charge in [-0.3, -0.25) is 4.68 Å². The summed E-state index contributed by atoms with van der Waals surface area (Å²) in [6, 6.07) is 1.80. The van der Waals surface area contributed by atoms with Crippen molar-refractivity contribution in [2.24, 2.45) is 0 Å². The van der Waals surface area contributed by atoms with Gasteiger partial charge in [0.05, 0.1) is 18.2 Å². The average Bonchev–Trinajstić information content (AvgIpc) is 2.75. The van der Waals surface area contributed by atoms with E-state index in [0.717, 1.165) is 5.69 Å².